The molecule has 0 unspecified atom stereocenters. The van der Waals surface area contributed by atoms with Crippen LogP contribution in [-0.2, 0) is 11.3 Å². The van der Waals surface area contributed by atoms with Crippen LogP contribution in [0.3, 0.4) is 0 Å². The summed E-state index contributed by atoms with van der Waals surface area (Å²) in [6.07, 6.45) is 0. The third-order valence-corrected chi connectivity index (χ3v) is 3.41. The van der Waals surface area contributed by atoms with Crippen molar-refractivity contribution in [2.75, 3.05) is 19.8 Å². The highest BCUT2D eigenvalue weighted by atomic mass is 16.5. The number of para-hydroxylation sites is 2. The molecule has 2 aromatic carbocycles. The van der Waals surface area contributed by atoms with E-state index in [0.717, 1.165) is 11.3 Å². The highest BCUT2D eigenvalue weighted by molar-refractivity contribution is 5.78. The lowest BCUT2D eigenvalue weighted by molar-refractivity contribution is -0.134. The third-order valence-electron chi connectivity index (χ3n) is 3.41. The summed E-state index contributed by atoms with van der Waals surface area (Å²) in [6.45, 7) is 1.69. The summed E-state index contributed by atoms with van der Waals surface area (Å²) < 4.78 is 11.2. The number of benzene rings is 2. The van der Waals surface area contributed by atoms with Crippen molar-refractivity contribution in [2.24, 2.45) is 0 Å². The highest BCUT2D eigenvalue weighted by Crippen LogP contribution is 2.22. The molecular weight excluding hydrogens is 266 g/mol. The lowest BCUT2D eigenvalue weighted by Crippen LogP contribution is -2.36. The van der Waals surface area contributed by atoms with E-state index < -0.39 is 0 Å². The molecule has 1 aliphatic rings. The first-order valence-electron chi connectivity index (χ1n) is 6.99. The Morgan fingerprint density at radius 3 is 2.71 bits per heavy atom. The van der Waals surface area contributed by atoms with Crippen molar-refractivity contribution in [2.45, 2.75) is 6.54 Å². The number of amides is 1. The van der Waals surface area contributed by atoms with Crippen LogP contribution in [-0.4, -0.2) is 30.6 Å². The molecule has 0 saturated heterocycles. The van der Waals surface area contributed by atoms with Gasteiger partial charge in [0.1, 0.15) is 18.1 Å². The van der Waals surface area contributed by atoms with Gasteiger partial charge in [0.25, 0.3) is 5.91 Å². The summed E-state index contributed by atoms with van der Waals surface area (Å²) >= 11 is 0. The number of hydrogen-bond acceptors (Lipinski definition) is 3. The Balaban J connectivity index is 1.63. The van der Waals surface area contributed by atoms with E-state index in [4.69, 9.17) is 9.47 Å². The molecule has 4 nitrogen and oxygen atoms in total. The Labute approximate surface area is 123 Å². The fourth-order valence-electron chi connectivity index (χ4n) is 2.29. The molecule has 0 aliphatic carbocycles. The molecule has 0 fully saturated rings. The molecule has 0 radical (unpaired) electrons. The molecule has 0 N–H and O–H groups in total. The van der Waals surface area contributed by atoms with Gasteiger partial charge in [-0.3, -0.25) is 4.79 Å². The quantitative estimate of drug-likeness (QED) is 0.868. The Bertz CT molecular complexity index is 612. The van der Waals surface area contributed by atoms with Crippen molar-refractivity contribution >= 4 is 5.91 Å². The predicted molar refractivity (Wildman–Crippen MR) is 79.3 cm³/mol. The zero-order valence-corrected chi connectivity index (χ0v) is 11.7. The minimum atomic E-state index is -0.0286. The molecular formula is C17H17NO3. The summed E-state index contributed by atoms with van der Waals surface area (Å²) in [5, 5.41) is 0. The maximum Gasteiger partial charge on any atom is 0.260 e. The number of carbonyl (C=O) groups is 1. The van der Waals surface area contributed by atoms with Crippen molar-refractivity contribution in [1.29, 1.82) is 0 Å². The minimum Gasteiger partial charge on any atom is -0.491 e. The molecule has 1 amide bonds. The molecule has 0 saturated carbocycles. The number of hydrogen-bond donors (Lipinski definition) is 0. The average molecular weight is 283 g/mol. The molecule has 0 spiro atoms. The van der Waals surface area contributed by atoms with Gasteiger partial charge in [0.15, 0.2) is 6.61 Å². The van der Waals surface area contributed by atoms with Crippen molar-refractivity contribution in [1.82, 2.24) is 4.90 Å². The van der Waals surface area contributed by atoms with Gasteiger partial charge in [0, 0.05) is 12.1 Å². The van der Waals surface area contributed by atoms with Crippen LogP contribution >= 0.6 is 0 Å². The molecule has 1 heterocycles. The van der Waals surface area contributed by atoms with Crippen LogP contribution in [0.1, 0.15) is 5.56 Å². The van der Waals surface area contributed by atoms with Gasteiger partial charge in [0.2, 0.25) is 0 Å². The van der Waals surface area contributed by atoms with E-state index in [9.17, 15) is 4.79 Å². The fourth-order valence-corrected chi connectivity index (χ4v) is 2.29. The second kappa shape index (κ2) is 6.31. The van der Waals surface area contributed by atoms with Gasteiger partial charge < -0.3 is 14.4 Å². The zero-order chi connectivity index (χ0) is 14.5. The maximum atomic E-state index is 12.3. The van der Waals surface area contributed by atoms with Crippen LogP contribution in [0, 0.1) is 0 Å². The smallest absolute Gasteiger partial charge is 0.260 e. The monoisotopic (exact) mass is 283 g/mol. The summed E-state index contributed by atoms with van der Waals surface area (Å²) in [5.74, 6) is 1.54. The number of rotatable bonds is 3. The van der Waals surface area contributed by atoms with Gasteiger partial charge in [-0.2, -0.15) is 0 Å². The zero-order valence-electron chi connectivity index (χ0n) is 11.7. The van der Waals surface area contributed by atoms with Crippen LogP contribution in [0.5, 0.6) is 11.5 Å². The van der Waals surface area contributed by atoms with E-state index >= 15 is 0 Å². The van der Waals surface area contributed by atoms with Crippen LogP contribution in [0.4, 0.5) is 0 Å². The van der Waals surface area contributed by atoms with Gasteiger partial charge in [-0.15, -0.1) is 0 Å². The molecule has 1 aliphatic heterocycles. The average Bonchev–Trinajstić information content (AvgIpc) is 2.76. The van der Waals surface area contributed by atoms with Gasteiger partial charge >= 0.3 is 0 Å². The molecule has 3 rings (SSSR count). The highest BCUT2D eigenvalue weighted by Gasteiger charge is 2.19. The first-order valence-corrected chi connectivity index (χ1v) is 6.99. The topological polar surface area (TPSA) is 38.8 Å². The van der Waals surface area contributed by atoms with Crippen LogP contribution < -0.4 is 9.47 Å². The standard InChI is InChI=1S/C17H17NO3/c19-17(13-21-15-7-2-1-3-8-15)18-10-11-20-16-9-5-4-6-14(16)12-18/h1-9H,10-13H2. The lowest BCUT2D eigenvalue weighted by Gasteiger charge is -2.19. The van der Waals surface area contributed by atoms with Gasteiger partial charge in [-0.1, -0.05) is 36.4 Å². The molecule has 0 aromatic heterocycles. The Hall–Kier alpha value is -2.49. The molecule has 21 heavy (non-hydrogen) atoms. The number of nitrogens with zero attached hydrogens (tertiary/aromatic N) is 1. The summed E-state index contributed by atoms with van der Waals surface area (Å²) in [4.78, 5) is 14.1. The molecule has 4 heteroatoms. The summed E-state index contributed by atoms with van der Waals surface area (Å²) in [7, 11) is 0. The van der Waals surface area contributed by atoms with Crippen molar-refractivity contribution in [3.63, 3.8) is 0 Å². The van der Waals surface area contributed by atoms with Gasteiger partial charge in [-0.05, 0) is 18.2 Å². The van der Waals surface area contributed by atoms with Gasteiger partial charge in [-0.25, -0.2) is 0 Å². The molecule has 0 atom stereocenters. The van der Waals surface area contributed by atoms with Crippen molar-refractivity contribution < 1.29 is 14.3 Å². The van der Waals surface area contributed by atoms with Gasteiger partial charge in [0.05, 0.1) is 6.54 Å². The fraction of sp³-hybridized carbons (Fsp3) is 0.235. The first kappa shape index (κ1) is 13.5. The first-order chi connectivity index (χ1) is 10.3. The summed E-state index contributed by atoms with van der Waals surface area (Å²) in [5.41, 5.74) is 1.03. The predicted octanol–water partition coefficient (Wildman–Crippen LogP) is 2.49. The maximum absolute atomic E-state index is 12.3. The second-order valence-corrected chi connectivity index (χ2v) is 4.87. The SMILES string of the molecule is O=C(COc1ccccc1)N1CCOc2ccccc2C1. The van der Waals surface area contributed by atoms with E-state index in [-0.39, 0.29) is 12.5 Å². The van der Waals surface area contributed by atoms with E-state index in [1.165, 1.54) is 0 Å². The summed E-state index contributed by atoms with van der Waals surface area (Å²) in [6, 6.07) is 17.2. The molecule has 0 bridgehead atoms. The number of fused-ring (bicyclic) bond motifs is 1. The van der Waals surface area contributed by atoms with Crippen LogP contribution in [0.15, 0.2) is 54.6 Å². The van der Waals surface area contributed by atoms with E-state index in [1.54, 1.807) is 4.90 Å². The Morgan fingerprint density at radius 2 is 1.86 bits per heavy atom. The van der Waals surface area contributed by atoms with Crippen molar-refractivity contribution in [3.8, 4) is 11.5 Å². The molecule has 2 aromatic rings. The largest absolute Gasteiger partial charge is 0.491 e. The lowest BCUT2D eigenvalue weighted by atomic mass is 10.2. The molecule has 108 valence electrons. The van der Waals surface area contributed by atoms with Crippen LogP contribution in [0.25, 0.3) is 0 Å². The van der Waals surface area contributed by atoms with E-state index in [2.05, 4.69) is 0 Å². The number of carbonyl (C=O) groups excluding carboxylic acids is 1. The minimum absolute atomic E-state index is 0.0286. The Kier molecular flexibility index (Phi) is 4.05. The van der Waals surface area contributed by atoms with Crippen LogP contribution in [0.2, 0.25) is 0 Å². The second-order valence-electron chi connectivity index (χ2n) is 4.87. The Morgan fingerprint density at radius 1 is 1.10 bits per heavy atom. The van der Waals surface area contributed by atoms with Crippen molar-refractivity contribution in [3.05, 3.63) is 60.2 Å². The van der Waals surface area contributed by atoms with E-state index in [0.29, 0.717) is 25.4 Å². The number of ether oxygens (including phenoxy) is 2. The van der Waals surface area contributed by atoms with E-state index in [1.807, 2.05) is 54.6 Å². The normalized spacial score (nSPS) is 13.8. The third kappa shape index (κ3) is 3.34.